The molecular formula is C98H96O16. The summed E-state index contributed by atoms with van der Waals surface area (Å²) in [5, 5.41) is 7.40. The Morgan fingerprint density at radius 1 is 0.281 bits per heavy atom. The molecule has 16 heteroatoms. The van der Waals surface area contributed by atoms with Gasteiger partial charge >= 0.3 is 23.9 Å². The largest absolute Gasteiger partial charge is 0.493 e. The third kappa shape index (κ3) is 18.8. The Balaban J connectivity index is 0.000000180. The van der Waals surface area contributed by atoms with E-state index in [9.17, 15) is 19.2 Å². The predicted molar refractivity (Wildman–Crippen MR) is 442 cm³/mol. The van der Waals surface area contributed by atoms with Crippen molar-refractivity contribution in [3.05, 3.63) is 265 Å². The van der Waals surface area contributed by atoms with Crippen LogP contribution in [0.3, 0.4) is 0 Å². The quantitative estimate of drug-likeness (QED) is 0.0287. The molecule has 0 radical (unpaired) electrons. The maximum atomic E-state index is 13.6. The molecule has 0 aromatic heterocycles. The van der Waals surface area contributed by atoms with E-state index in [-0.39, 0.29) is 71.2 Å². The fourth-order valence-corrected chi connectivity index (χ4v) is 14.7. The molecule has 0 spiro atoms. The Bertz CT molecular complexity index is 5040. The molecule has 4 aliphatic rings. The molecule has 16 nitrogen and oxygen atoms in total. The van der Waals surface area contributed by atoms with E-state index in [1.54, 1.807) is 0 Å². The van der Waals surface area contributed by atoms with Gasteiger partial charge in [-0.15, -0.1) is 0 Å². The second-order valence-electron chi connectivity index (χ2n) is 31.6. The number of rotatable bonds is 32. The van der Waals surface area contributed by atoms with Gasteiger partial charge in [0.15, 0.2) is 0 Å². The van der Waals surface area contributed by atoms with Gasteiger partial charge in [-0.2, -0.15) is 0 Å². The normalized spacial score (nSPS) is 15.3. The van der Waals surface area contributed by atoms with Crippen LogP contribution in [0.25, 0.3) is 65.3 Å². The van der Waals surface area contributed by atoms with Crippen molar-refractivity contribution in [2.45, 2.75) is 91.9 Å². The third-order valence-corrected chi connectivity index (χ3v) is 22.3. The van der Waals surface area contributed by atoms with Gasteiger partial charge in [-0.1, -0.05) is 198 Å². The highest BCUT2D eigenvalue weighted by Gasteiger charge is 2.40. The lowest BCUT2D eigenvalue weighted by Gasteiger charge is -2.40. The van der Waals surface area contributed by atoms with Gasteiger partial charge in [0, 0.05) is 58.8 Å². The molecule has 4 heterocycles. The predicted octanol–water partition coefficient (Wildman–Crippen LogP) is 19.9. The average Bonchev–Trinajstić information content (AvgIpc) is 0.756. The molecule has 0 unspecified atom stereocenters. The Labute approximate surface area is 665 Å². The average molecular weight is 1530 g/mol. The lowest BCUT2D eigenvalue weighted by molar-refractivity contribution is -0.135. The molecule has 4 saturated heterocycles. The summed E-state index contributed by atoms with van der Waals surface area (Å²) < 4.78 is 70.4. The first-order valence-electron chi connectivity index (χ1n) is 39.7. The van der Waals surface area contributed by atoms with Crippen LogP contribution in [0.4, 0.5) is 0 Å². The van der Waals surface area contributed by atoms with Gasteiger partial charge in [0.05, 0.1) is 90.1 Å². The van der Waals surface area contributed by atoms with E-state index in [0.29, 0.717) is 124 Å². The van der Waals surface area contributed by atoms with Gasteiger partial charge in [-0.25, -0.2) is 0 Å². The molecule has 12 aromatic carbocycles. The Morgan fingerprint density at radius 2 is 0.509 bits per heavy atom. The summed E-state index contributed by atoms with van der Waals surface area (Å²) in [6, 6.07) is 78.5. The van der Waals surface area contributed by atoms with E-state index in [1.165, 1.54) is 0 Å². The topological polar surface area (TPSA) is 179 Å². The van der Waals surface area contributed by atoms with Crippen LogP contribution in [-0.2, 0) is 63.8 Å². The number of esters is 4. The van der Waals surface area contributed by atoms with E-state index in [4.69, 9.17) is 56.8 Å². The highest BCUT2D eigenvalue weighted by Crippen LogP contribution is 2.48. The molecule has 0 N–H and O–H groups in total. The molecule has 0 saturated carbocycles. The van der Waals surface area contributed by atoms with Gasteiger partial charge in [-0.3, -0.25) is 19.2 Å². The fourth-order valence-electron chi connectivity index (χ4n) is 14.7. The van der Waals surface area contributed by atoms with E-state index in [1.807, 2.05) is 243 Å². The van der Waals surface area contributed by atoms with E-state index >= 15 is 0 Å². The summed E-state index contributed by atoms with van der Waals surface area (Å²) in [4.78, 5) is 54.2. The van der Waals surface area contributed by atoms with Crippen LogP contribution in [-0.4, -0.2) is 103 Å². The van der Waals surface area contributed by atoms with E-state index in [2.05, 4.69) is 27.7 Å². The van der Waals surface area contributed by atoms with Gasteiger partial charge in [0.1, 0.15) is 46.0 Å². The van der Waals surface area contributed by atoms with Crippen LogP contribution < -0.4 is 37.9 Å². The summed E-state index contributed by atoms with van der Waals surface area (Å²) in [6.45, 7) is 16.9. The van der Waals surface area contributed by atoms with Crippen molar-refractivity contribution < 1.29 is 76.0 Å². The molecule has 0 aliphatic carbocycles. The van der Waals surface area contributed by atoms with Crippen molar-refractivity contribution >= 4 is 67.0 Å². The van der Waals surface area contributed by atoms with Gasteiger partial charge in [0.2, 0.25) is 0 Å². The SMILES string of the molecule is CC1(COc2ccc(CCC(=O)Oc3ccc4ccccc4c3-c3c(OC(=O)CCc4ccc(OCC5(C)COC5)cc4)ccc4ccccc34)cc2)COC1.CCC1(COc2ccc(CCC(=O)Oc3ccc4ccccc4c3-c3c(OC(=O)CCc4ccc(OCC5(CC)COC5)cc4)ccc4ccccc34)cc2)COC1. The van der Waals surface area contributed by atoms with Crippen molar-refractivity contribution in [2.75, 3.05) is 79.3 Å². The van der Waals surface area contributed by atoms with Crippen LogP contribution in [0.2, 0.25) is 0 Å². The number of ether oxygens (including phenoxy) is 12. The number of benzene rings is 12. The number of hydrogen-bond acceptors (Lipinski definition) is 16. The zero-order valence-corrected chi connectivity index (χ0v) is 65.2. The molecule has 0 amide bonds. The summed E-state index contributed by atoms with van der Waals surface area (Å²) >= 11 is 0. The van der Waals surface area contributed by atoms with Gasteiger partial charge in [0.25, 0.3) is 0 Å². The molecule has 114 heavy (non-hydrogen) atoms. The maximum absolute atomic E-state index is 13.6. The molecule has 584 valence electrons. The maximum Gasteiger partial charge on any atom is 0.311 e. The fraction of sp³-hybridized carbons (Fsp3) is 0.306. The lowest BCUT2D eigenvalue weighted by Crippen LogP contribution is -2.46. The first-order valence-corrected chi connectivity index (χ1v) is 39.7. The summed E-state index contributed by atoms with van der Waals surface area (Å²) in [7, 11) is 0. The molecule has 0 atom stereocenters. The van der Waals surface area contributed by atoms with Crippen molar-refractivity contribution in [1.82, 2.24) is 0 Å². The Hall–Kier alpha value is -11.4. The van der Waals surface area contributed by atoms with Crippen LogP contribution >= 0.6 is 0 Å². The number of carbonyl (C=O) groups is 4. The number of hydrogen-bond donors (Lipinski definition) is 0. The lowest BCUT2D eigenvalue weighted by atomic mass is 9.84. The highest BCUT2D eigenvalue weighted by molar-refractivity contribution is 6.12. The van der Waals surface area contributed by atoms with Crippen molar-refractivity contribution in [3.8, 4) is 68.2 Å². The van der Waals surface area contributed by atoms with Crippen LogP contribution in [0.15, 0.2) is 243 Å². The van der Waals surface area contributed by atoms with Crippen molar-refractivity contribution in [3.63, 3.8) is 0 Å². The Morgan fingerprint density at radius 3 is 0.719 bits per heavy atom. The van der Waals surface area contributed by atoms with Crippen LogP contribution in [0, 0.1) is 21.7 Å². The minimum Gasteiger partial charge on any atom is -0.493 e. The van der Waals surface area contributed by atoms with E-state index in [0.717, 1.165) is 128 Å². The van der Waals surface area contributed by atoms with Gasteiger partial charge in [-0.05, 0) is 177 Å². The third-order valence-electron chi connectivity index (χ3n) is 22.3. The van der Waals surface area contributed by atoms with Crippen LogP contribution in [0.1, 0.15) is 88.5 Å². The number of carbonyl (C=O) groups excluding carboxylic acids is 4. The molecule has 16 rings (SSSR count). The zero-order valence-electron chi connectivity index (χ0n) is 65.2. The molecule has 4 aliphatic heterocycles. The highest BCUT2D eigenvalue weighted by atomic mass is 16.6. The second kappa shape index (κ2) is 35.3. The molecule has 4 fully saturated rings. The molecule has 0 bridgehead atoms. The second-order valence-corrected chi connectivity index (χ2v) is 31.6. The smallest absolute Gasteiger partial charge is 0.311 e. The Kier molecular flexibility index (Phi) is 24.1. The first kappa shape index (κ1) is 77.9. The minimum atomic E-state index is -0.360. The summed E-state index contributed by atoms with van der Waals surface area (Å²) in [5.74, 6) is 3.38. The van der Waals surface area contributed by atoms with Crippen molar-refractivity contribution in [1.29, 1.82) is 0 Å². The summed E-state index contributed by atoms with van der Waals surface area (Å²) in [5.41, 5.74) is 7.15. The standard InChI is InChI=1S/C50H50O8.C48H46O8/c1-3-49(29-53-30-49)33-55-39-21-13-35(14-22-39)17-27-45(51)57-43-25-19-37-9-5-7-11-41(37)47(43)48-42-12-8-6-10-38(42)20-26-44(48)58-46(52)28-18-36-15-23-40(24-16-36)56-34-50(4-2)31-54-32-50;1-47(27-51-28-47)31-53-37-19-11-33(12-20-37)15-25-43(49)55-41-23-17-35-7-3-5-9-39(35)45(41)46-40-10-6-4-8-36(40)18-24-42(46)56-44(50)26-16-34-13-21-38(22-14-34)54-32-48(2)29-52-30-48/h5-16,19-26H,3-4,17-18,27-34H2,1-2H3;3-14,17-24H,15-16,25-32H2,1-2H3. The zero-order chi connectivity index (χ0) is 78.5. The van der Waals surface area contributed by atoms with Crippen LogP contribution in [0.5, 0.6) is 46.0 Å². The van der Waals surface area contributed by atoms with Crippen molar-refractivity contribution in [2.24, 2.45) is 21.7 Å². The summed E-state index contributed by atoms with van der Waals surface area (Å²) in [6.07, 6.45) is 4.80. The molecule has 12 aromatic rings. The number of aryl methyl sites for hydroxylation is 4. The molecular weight excluding hydrogens is 1430 g/mol. The number of fused-ring (bicyclic) bond motifs is 4. The first-order chi connectivity index (χ1) is 55.6. The minimum absolute atomic E-state index is 0.0620. The van der Waals surface area contributed by atoms with Gasteiger partial charge < -0.3 is 56.8 Å². The monoisotopic (exact) mass is 1530 g/mol. The van der Waals surface area contributed by atoms with E-state index < -0.39 is 0 Å².